The topological polar surface area (TPSA) is 14.1 Å². The average molecular weight is 240 g/mol. The molecule has 1 fully saturated rings. The van der Waals surface area contributed by atoms with Gasteiger partial charge in [-0.15, -0.1) is 0 Å². The molecular weight excluding hydrogens is 227 g/mol. The number of piperidine rings is 1. The molecule has 0 N–H and O–H groups in total. The maximum absolute atomic E-state index is 12.4. The zero-order valence-electron chi connectivity index (χ0n) is 9.30. The van der Waals surface area contributed by atoms with Crippen LogP contribution < -0.4 is 5.32 Å². The van der Waals surface area contributed by atoms with E-state index in [0.29, 0.717) is 0 Å². The monoisotopic (exact) mass is 240 g/mol. The Morgan fingerprint density at radius 2 is 1.59 bits per heavy atom. The first-order valence-electron chi connectivity index (χ1n) is 5.56. The van der Waals surface area contributed by atoms with Gasteiger partial charge >= 0.3 is 6.18 Å². The second kappa shape index (κ2) is 4.92. The maximum atomic E-state index is 12.4. The van der Waals surface area contributed by atoms with Crippen LogP contribution in [0.1, 0.15) is 24.0 Å². The van der Waals surface area contributed by atoms with E-state index in [1.165, 1.54) is 17.7 Å². The van der Waals surface area contributed by atoms with Gasteiger partial charge in [-0.25, -0.2) is 5.32 Å². The SMILES string of the molecule is FC(F)(F)c1ccc(C=C2CC[N]CC2)cc1. The summed E-state index contributed by atoms with van der Waals surface area (Å²) < 4.78 is 37.1. The minimum absolute atomic E-state index is 0.599. The van der Waals surface area contributed by atoms with E-state index in [1.807, 2.05) is 6.08 Å². The van der Waals surface area contributed by atoms with Gasteiger partial charge in [-0.1, -0.05) is 23.8 Å². The van der Waals surface area contributed by atoms with Gasteiger partial charge in [0.05, 0.1) is 5.56 Å². The van der Waals surface area contributed by atoms with Crippen molar-refractivity contribution in [1.82, 2.24) is 5.32 Å². The molecule has 1 aliphatic heterocycles. The Labute approximate surface area is 98.3 Å². The largest absolute Gasteiger partial charge is 0.416 e. The molecule has 17 heavy (non-hydrogen) atoms. The molecule has 0 unspecified atom stereocenters. The number of halogens is 3. The molecule has 0 aromatic heterocycles. The predicted molar refractivity (Wildman–Crippen MR) is 60.5 cm³/mol. The van der Waals surface area contributed by atoms with Crippen molar-refractivity contribution in [2.75, 3.05) is 13.1 Å². The molecule has 0 amide bonds. The van der Waals surface area contributed by atoms with Crippen LogP contribution in [0.25, 0.3) is 6.08 Å². The van der Waals surface area contributed by atoms with Gasteiger partial charge < -0.3 is 0 Å². The standard InChI is InChI=1S/C13H13F3N/c14-13(15,16)12-3-1-10(2-4-12)9-11-5-7-17-8-6-11/h1-4,9H,5-8H2. The summed E-state index contributed by atoms with van der Waals surface area (Å²) >= 11 is 0. The number of nitrogens with zero attached hydrogens (tertiary/aromatic N) is 1. The Morgan fingerprint density at radius 1 is 1.00 bits per heavy atom. The highest BCUT2D eigenvalue weighted by Crippen LogP contribution is 2.29. The zero-order chi connectivity index (χ0) is 12.3. The van der Waals surface area contributed by atoms with Crippen molar-refractivity contribution in [3.05, 3.63) is 41.0 Å². The van der Waals surface area contributed by atoms with Gasteiger partial charge in [-0.05, 0) is 30.5 Å². The van der Waals surface area contributed by atoms with E-state index >= 15 is 0 Å². The van der Waals surface area contributed by atoms with Crippen LogP contribution in [0.3, 0.4) is 0 Å². The predicted octanol–water partition coefficient (Wildman–Crippen LogP) is 3.49. The van der Waals surface area contributed by atoms with Crippen LogP contribution in [0.15, 0.2) is 29.8 Å². The smallest absolute Gasteiger partial charge is 0.241 e. The van der Waals surface area contributed by atoms with Crippen molar-refractivity contribution in [3.63, 3.8) is 0 Å². The van der Waals surface area contributed by atoms with E-state index in [-0.39, 0.29) is 0 Å². The first-order chi connectivity index (χ1) is 8.05. The number of hydrogen-bond donors (Lipinski definition) is 0. The number of hydrogen-bond acceptors (Lipinski definition) is 0. The molecule has 4 heteroatoms. The van der Waals surface area contributed by atoms with Crippen molar-refractivity contribution in [2.45, 2.75) is 19.0 Å². The lowest BCUT2D eigenvalue weighted by molar-refractivity contribution is -0.137. The lowest BCUT2D eigenvalue weighted by atomic mass is 10.0. The normalized spacial score (nSPS) is 17.0. The molecule has 2 rings (SSSR count). The van der Waals surface area contributed by atoms with E-state index in [1.54, 1.807) is 0 Å². The third-order valence-corrected chi connectivity index (χ3v) is 2.79. The summed E-state index contributed by atoms with van der Waals surface area (Å²) in [6.07, 6.45) is -0.452. The first-order valence-corrected chi connectivity index (χ1v) is 5.56. The summed E-state index contributed by atoms with van der Waals surface area (Å²) in [7, 11) is 0. The van der Waals surface area contributed by atoms with Crippen LogP contribution in [-0.4, -0.2) is 13.1 Å². The third kappa shape index (κ3) is 3.33. The second-order valence-electron chi connectivity index (χ2n) is 4.09. The Balaban J connectivity index is 2.12. The van der Waals surface area contributed by atoms with Crippen LogP contribution >= 0.6 is 0 Å². The van der Waals surface area contributed by atoms with E-state index in [0.717, 1.165) is 43.6 Å². The molecule has 1 nitrogen and oxygen atoms in total. The van der Waals surface area contributed by atoms with Crippen LogP contribution in [0.5, 0.6) is 0 Å². The molecule has 1 aromatic carbocycles. The minimum Gasteiger partial charge on any atom is -0.241 e. The summed E-state index contributed by atoms with van der Waals surface area (Å²) in [5.74, 6) is 0. The summed E-state index contributed by atoms with van der Waals surface area (Å²) in [5, 5.41) is 4.23. The number of benzene rings is 1. The molecule has 0 aliphatic carbocycles. The Hall–Kier alpha value is -1.29. The van der Waals surface area contributed by atoms with Crippen molar-refractivity contribution in [2.24, 2.45) is 0 Å². The fourth-order valence-corrected chi connectivity index (χ4v) is 1.83. The van der Waals surface area contributed by atoms with Gasteiger partial charge in [-0.2, -0.15) is 13.2 Å². The van der Waals surface area contributed by atoms with E-state index in [4.69, 9.17) is 0 Å². The Morgan fingerprint density at radius 3 is 2.12 bits per heavy atom. The third-order valence-electron chi connectivity index (χ3n) is 2.79. The van der Waals surface area contributed by atoms with Gasteiger partial charge in [0.15, 0.2) is 0 Å². The Kier molecular flexibility index (Phi) is 3.52. The highest BCUT2D eigenvalue weighted by atomic mass is 19.4. The second-order valence-corrected chi connectivity index (χ2v) is 4.09. The summed E-state index contributed by atoms with van der Waals surface area (Å²) in [6, 6.07) is 5.28. The molecule has 0 atom stereocenters. The van der Waals surface area contributed by atoms with Gasteiger partial charge in [0.25, 0.3) is 0 Å². The molecule has 1 aromatic rings. The molecule has 0 saturated carbocycles. The molecular formula is C13H13F3N. The highest BCUT2D eigenvalue weighted by molar-refractivity contribution is 5.53. The van der Waals surface area contributed by atoms with Crippen molar-refractivity contribution >= 4 is 6.08 Å². The lowest BCUT2D eigenvalue weighted by Gasteiger charge is -2.13. The van der Waals surface area contributed by atoms with Crippen LogP contribution in [0, 0.1) is 0 Å². The van der Waals surface area contributed by atoms with Crippen molar-refractivity contribution < 1.29 is 13.2 Å². The molecule has 1 saturated heterocycles. The number of rotatable bonds is 1. The van der Waals surface area contributed by atoms with E-state index in [2.05, 4.69) is 5.32 Å². The van der Waals surface area contributed by atoms with Gasteiger partial charge in [0.1, 0.15) is 0 Å². The quantitative estimate of drug-likeness (QED) is 0.713. The van der Waals surface area contributed by atoms with Crippen LogP contribution in [0.2, 0.25) is 0 Å². The van der Waals surface area contributed by atoms with E-state index < -0.39 is 11.7 Å². The van der Waals surface area contributed by atoms with E-state index in [9.17, 15) is 13.2 Å². The van der Waals surface area contributed by atoms with Crippen LogP contribution in [0.4, 0.5) is 13.2 Å². The fourth-order valence-electron chi connectivity index (χ4n) is 1.83. The highest BCUT2D eigenvalue weighted by Gasteiger charge is 2.29. The molecule has 1 radical (unpaired) electrons. The van der Waals surface area contributed by atoms with Gasteiger partial charge in [-0.3, -0.25) is 0 Å². The molecule has 91 valence electrons. The zero-order valence-corrected chi connectivity index (χ0v) is 9.30. The Bertz CT molecular complexity index is 396. The summed E-state index contributed by atoms with van der Waals surface area (Å²) in [4.78, 5) is 0. The van der Waals surface area contributed by atoms with Gasteiger partial charge in [0.2, 0.25) is 0 Å². The maximum Gasteiger partial charge on any atom is 0.416 e. The fraction of sp³-hybridized carbons (Fsp3) is 0.385. The minimum atomic E-state index is -4.25. The molecule has 1 heterocycles. The molecule has 0 bridgehead atoms. The molecule has 1 aliphatic rings. The molecule has 0 spiro atoms. The van der Waals surface area contributed by atoms with Gasteiger partial charge in [0, 0.05) is 13.1 Å². The summed E-state index contributed by atoms with van der Waals surface area (Å²) in [5.41, 5.74) is 1.49. The van der Waals surface area contributed by atoms with Crippen molar-refractivity contribution in [1.29, 1.82) is 0 Å². The van der Waals surface area contributed by atoms with Crippen LogP contribution in [-0.2, 0) is 6.18 Å². The average Bonchev–Trinajstić information content (AvgIpc) is 2.30. The van der Waals surface area contributed by atoms with Crippen molar-refractivity contribution in [3.8, 4) is 0 Å². The lowest BCUT2D eigenvalue weighted by Crippen LogP contribution is -2.16. The summed E-state index contributed by atoms with van der Waals surface area (Å²) in [6.45, 7) is 1.65. The first kappa shape index (κ1) is 12.2. The number of alkyl halides is 3.